The van der Waals surface area contributed by atoms with Crippen LogP contribution in [-0.4, -0.2) is 43.7 Å². The standard InChI is InChI=1S/C19H24N4O2/c1-11-6-17(14(8-20)19(21-11)23-5-4-12(23)2)22-9-15-13(16(15)10-22)7-18(24)25-3/h6,12-13,15-16H,4-5,7,9-10H2,1-3H3/t12-,13-,15-,16+/m0/s1. The largest absolute Gasteiger partial charge is 0.469 e. The zero-order chi connectivity index (χ0) is 17.7. The van der Waals surface area contributed by atoms with Gasteiger partial charge in [-0.25, -0.2) is 4.98 Å². The highest BCUT2D eigenvalue weighted by Gasteiger charge is 2.56. The van der Waals surface area contributed by atoms with Crippen LogP contribution in [0.15, 0.2) is 6.07 Å². The molecule has 0 unspecified atom stereocenters. The summed E-state index contributed by atoms with van der Waals surface area (Å²) < 4.78 is 4.79. The average molecular weight is 340 g/mol. The van der Waals surface area contributed by atoms with Crippen LogP contribution in [-0.2, 0) is 9.53 Å². The van der Waals surface area contributed by atoms with Crippen LogP contribution in [0.4, 0.5) is 11.5 Å². The first-order valence-corrected chi connectivity index (χ1v) is 9.03. The lowest BCUT2D eigenvalue weighted by atomic mass is 10.0. The van der Waals surface area contributed by atoms with Crippen molar-refractivity contribution in [2.75, 3.05) is 36.5 Å². The van der Waals surface area contributed by atoms with Gasteiger partial charge in [0.1, 0.15) is 17.5 Å². The second-order valence-electron chi connectivity index (χ2n) is 7.60. The molecule has 132 valence electrons. The topological polar surface area (TPSA) is 69.5 Å². The highest BCUT2D eigenvalue weighted by molar-refractivity contribution is 5.73. The maximum Gasteiger partial charge on any atom is 0.305 e. The highest BCUT2D eigenvalue weighted by atomic mass is 16.5. The summed E-state index contributed by atoms with van der Waals surface area (Å²) in [6.45, 7) is 6.98. The van der Waals surface area contributed by atoms with Crippen molar-refractivity contribution >= 4 is 17.5 Å². The number of pyridine rings is 1. The van der Waals surface area contributed by atoms with Gasteiger partial charge >= 0.3 is 5.97 Å². The van der Waals surface area contributed by atoms with E-state index in [2.05, 4.69) is 27.8 Å². The molecule has 1 aromatic heterocycles. The molecular weight excluding hydrogens is 316 g/mol. The number of fused-ring (bicyclic) bond motifs is 1. The summed E-state index contributed by atoms with van der Waals surface area (Å²) in [6.07, 6.45) is 1.68. The van der Waals surface area contributed by atoms with E-state index in [-0.39, 0.29) is 5.97 Å². The van der Waals surface area contributed by atoms with Crippen LogP contribution in [0.25, 0.3) is 0 Å². The minimum Gasteiger partial charge on any atom is -0.469 e. The number of hydrogen-bond acceptors (Lipinski definition) is 6. The number of methoxy groups -OCH3 is 1. The Kier molecular flexibility index (Phi) is 3.82. The van der Waals surface area contributed by atoms with Crippen LogP contribution < -0.4 is 9.80 Å². The fourth-order valence-electron chi connectivity index (χ4n) is 4.46. The van der Waals surface area contributed by atoms with Crippen molar-refractivity contribution in [3.8, 4) is 6.07 Å². The molecule has 0 bridgehead atoms. The maximum atomic E-state index is 11.5. The Labute approximate surface area is 148 Å². The highest BCUT2D eigenvalue weighted by Crippen LogP contribution is 2.55. The first-order chi connectivity index (χ1) is 12.0. The van der Waals surface area contributed by atoms with Gasteiger partial charge in [-0.1, -0.05) is 0 Å². The Morgan fingerprint density at radius 2 is 2.16 bits per heavy atom. The van der Waals surface area contributed by atoms with Gasteiger partial charge in [0.05, 0.1) is 12.8 Å². The van der Waals surface area contributed by atoms with Gasteiger partial charge in [0.15, 0.2) is 0 Å². The monoisotopic (exact) mass is 340 g/mol. The quantitative estimate of drug-likeness (QED) is 0.782. The van der Waals surface area contributed by atoms with Gasteiger partial charge in [0.25, 0.3) is 0 Å². The van der Waals surface area contributed by atoms with Crippen LogP contribution in [0.3, 0.4) is 0 Å². The van der Waals surface area contributed by atoms with E-state index >= 15 is 0 Å². The molecule has 1 saturated carbocycles. The summed E-state index contributed by atoms with van der Waals surface area (Å²) >= 11 is 0. The number of nitrogens with zero attached hydrogens (tertiary/aromatic N) is 4. The minimum atomic E-state index is -0.113. The molecule has 6 heteroatoms. The molecule has 1 aliphatic carbocycles. The van der Waals surface area contributed by atoms with Crippen molar-refractivity contribution in [2.24, 2.45) is 17.8 Å². The third-order valence-electron chi connectivity index (χ3n) is 6.15. The number of rotatable bonds is 4. The summed E-state index contributed by atoms with van der Waals surface area (Å²) in [5.41, 5.74) is 2.66. The lowest BCUT2D eigenvalue weighted by Crippen LogP contribution is -2.46. The van der Waals surface area contributed by atoms with Crippen LogP contribution >= 0.6 is 0 Å². The molecular formula is C19H24N4O2. The fraction of sp³-hybridized carbons (Fsp3) is 0.632. The van der Waals surface area contributed by atoms with E-state index in [9.17, 15) is 10.1 Å². The number of piperidine rings is 1. The van der Waals surface area contributed by atoms with Gasteiger partial charge in [-0.3, -0.25) is 4.79 Å². The molecule has 1 aromatic rings. The van der Waals surface area contributed by atoms with Crippen molar-refractivity contribution in [1.82, 2.24) is 4.98 Å². The molecule has 2 saturated heterocycles. The number of nitriles is 1. The molecule has 0 N–H and O–H groups in total. The third kappa shape index (κ3) is 2.62. The zero-order valence-corrected chi connectivity index (χ0v) is 15.0. The van der Waals surface area contributed by atoms with E-state index in [1.54, 1.807) is 0 Å². The zero-order valence-electron chi connectivity index (χ0n) is 15.0. The van der Waals surface area contributed by atoms with Crippen molar-refractivity contribution in [1.29, 1.82) is 5.26 Å². The number of aryl methyl sites for hydroxylation is 1. The first kappa shape index (κ1) is 16.2. The summed E-state index contributed by atoms with van der Waals surface area (Å²) in [6, 6.07) is 4.88. The summed E-state index contributed by atoms with van der Waals surface area (Å²) in [5, 5.41) is 9.78. The Balaban J connectivity index is 1.55. The Morgan fingerprint density at radius 3 is 2.68 bits per heavy atom. The predicted octanol–water partition coefficient (Wildman–Crippen LogP) is 2.11. The SMILES string of the molecule is COC(=O)C[C@@H]1[C@H]2CN(c3cc(C)nc(N4CC[C@@H]4C)c3C#N)C[C@@H]12. The van der Waals surface area contributed by atoms with Crippen molar-refractivity contribution in [3.05, 3.63) is 17.3 Å². The van der Waals surface area contributed by atoms with Gasteiger partial charge < -0.3 is 14.5 Å². The van der Waals surface area contributed by atoms with Crippen LogP contribution in [0, 0.1) is 36.0 Å². The van der Waals surface area contributed by atoms with E-state index in [1.165, 1.54) is 7.11 Å². The van der Waals surface area contributed by atoms with Crippen molar-refractivity contribution in [2.45, 2.75) is 32.7 Å². The predicted molar refractivity (Wildman–Crippen MR) is 94.4 cm³/mol. The fourth-order valence-corrected chi connectivity index (χ4v) is 4.46. The molecule has 4 rings (SSSR count). The van der Waals surface area contributed by atoms with Crippen LogP contribution in [0.1, 0.15) is 31.0 Å². The molecule has 4 atom stereocenters. The number of esters is 1. The summed E-state index contributed by atoms with van der Waals surface area (Å²) in [4.78, 5) is 20.7. The van der Waals surface area contributed by atoms with Gasteiger partial charge in [-0.15, -0.1) is 0 Å². The average Bonchev–Trinajstić information content (AvgIpc) is 3.02. The molecule has 6 nitrogen and oxygen atoms in total. The minimum absolute atomic E-state index is 0.113. The van der Waals surface area contributed by atoms with Crippen LogP contribution in [0.5, 0.6) is 0 Å². The number of anilines is 2. The van der Waals surface area contributed by atoms with E-state index < -0.39 is 0 Å². The third-order valence-corrected chi connectivity index (χ3v) is 6.15. The molecule has 3 heterocycles. The molecule has 0 amide bonds. The molecule has 3 fully saturated rings. The van der Waals surface area contributed by atoms with Gasteiger partial charge in [-0.2, -0.15) is 5.26 Å². The summed E-state index contributed by atoms with van der Waals surface area (Å²) in [5.74, 6) is 2.27. The first-order valence-electron chi connectivity index (χ1n) is 9.03. The van der Waals surface area contributed by atoms with Gasteiger partial charge in [0, 0.05) is 37.8 Å². The smallest absolute Gasteiger partial charge is 0.305 e. The number of ether oxygens (including phenoxy) is 1. The van der Waals surface area contributed by atoms with E-state index in [0.29, 0.717) is 35.8 Å². The second-order valence-corrected chi connectivity index (χ2v) is 7.60. The number of hydrogen-bond donors (Lipinski definition) is 0. The lowest BCUT2D eigenvalue weighted by Gasteiger charge is -2.41. The van der Waals surface area contributed by atoms with Crippen LogP contribution in [0.2, 0.25) is 0 Å². The van der Waals surface area contributed by atoms with E-state index in [4.69, 9.17) is 4.74 Å². The second kappa shape index (κ2) is 5.91. The van der Waals surface area contributed by atoms with Crippen molar-refractivity contribution < 1.29 is 9.53 Å². The molecule has 2 aliphatic heterocycles. The normalized spacial score (nSPS) is 29.7. The Morgan fingerprint density at radius 1 is 1.44 bits per heavy atom. The molecule has 3 aliphatic rings. The summed E-state index contributed by atoms with van der Waals surface area (Å²) in [7, 11) is 1.45. The Hall–Kier alpha value is -2.29. The Bertz CT molecular complexity index is 745. The molecule has 0 spiro atoms. The maximum absolute atomic E-state index is 11.5. The number of aromatic nitrogens is 1. The van der Waals surface area contributed by atoms with E-state index in [1.807, 2.05) is 13.0 Å². The molecule has 0 aromatic carbocycles. The van der Waals surface area contributed by atoms with Gasteiger partial charge in [0.2, 0.25) is 0 Å². The van der Waals surface area contributed by atoms with Gasteiger partial charge in [-0.05, 0) is 44.1 Å². The van der Waals surface area contributed by atoms with E-state index in [0.717, 1.165) is 43.3 Å². The molecule has 0 radical (unpaired) electrons. The number of carbonyl (C=O) groups is 1. The lowest BCUT2D eigenvalue weighted by molar-refractivity contribution is -0.141. The molecule has 25 heavy (non-hydrogen) atoms. The van der Waals surface area contributed by atoms with Crippen molar-refractivity contribution in [3.63, 3.8) is 0 Å². The number of carbonyl (C=O) groups excluding carboxylic acids is 1.